The fourth-order valence-corrected chi connectivity index (χ4v) is 1.90. The van der Waals surface area contributed by atoms with E-state index in [0.717, 1.165) is 26.2 Å². The Bertz CT molecular complexity index is 378. The van der Waals surface area contributed by atoms with Crippen LogP contribution in [0.1, 0.15) is 37.7 Å². The van der Waals surface area contributed by atoms with Gasteiger partial charge in [-0.2, -0.15) is 0 Å². The van der Waals surface area contributed by atoms with E-state index in [1.165, 1.54) is 5.56 Å². The second-order valence-electron chi connectivity index (χ2n) is 4.10. The number of hydrogen-bond donors (Lipinski definition) is 2. The van der Waals surface area contributed by atoms with E-state index < -0.39 is 5.97 Å². The minimum Gasteiger partial charge on any atom is -0.513 e. The van der Waals surface area contributed by atoms with Crippen LogP contribution in [0.4, 0.5) is 0 Å². The first-order chi connectivity index (χ1) is 8.09. The first-order valence-electron chi connectivity index (χ1n) is 5.72. The van der Waals surface area contributed by atoms with Gasteiger partial charge in [-0.1, -0.05) is 30.3 Å². The van der Waals surface area contributed by atoms with Gasteiger partial charge in [0.05, 0.1) is 5.76 Å². The summed E-state index contributed by atoms with van der Waals surface area (Å²) < 4.78 is 0. The van der Waals surface area contributed by atoms with Crippen LogP contribution >= 0.6 is 0 Å². The van der Waals surface area contributed by atoms with Gasteiger partial charge in [0.25, 0.3) is 5.97 Å². The Morgan fingerprint density at radius 2 is 1.88 bits per heavy atom. The SMILES string of the molecule is CC(=O)O.OC1=CCCC(c2ccccc2)C1. The van der Waals surface area contributed by atoms with Gasteiger partial charge in [-0.25, -0.2) is 0 Å². The molecule has 1 aliphatic rings. The lowest BCUT2D eigenvalue weighted by atomic mass is 9.87. The summed E-state index contributed by atoms with van der Waals surface area (Å²) in [5.74, 6) is 0.242. The average molecular weight is 234 g/mol. The highest BCUT2D eigenvalue weighted by atomic mass is 16.4. The Morgan fingerprint density at radius 3 is 2.41 bits per heavy atom. The van der Waals surface area contributed by atoms with E-state index in [-0.39, 0.29) is 0 Å². The van der Waals surface area contributed by atoms with Crippen molar-refractivity contribution in [2.24, 2.45) is 0 Å². The van der Waals surface area contributed by atoms with Crippen molar-refractivity contribution in [1.82, 2.24) is 0 Å². The van der Waals surface area contributed by atoms with Crippen LogP contribution in [-0.4, -0.2) is 16.2 Å². The number of carboxylic acid groups (broad SMARTS) is 1. The molecule has 3 nitrogen and oxygen atoms in total. The second kappa shape index (κ2) is 6.74. The summed E-state index contributed by atoms with van der Waals surface area (Å²) in [5, 5.41) is 16.8. The highest BCUT2D eigenvalue weighted by Gasteiger charge is 2.15. The van der Waals surface area contributed by atoms with Gasteiger partial charge in [-0.15, -0.1) is 0 Å². The van der Waals surface area contributed by atoms with Crippen molar-refractivity contribution in [2.75, 3.05) is 0 Å². The van der Waals surface area contributed by atoms with Crippen LogP contribution in [0.3, 0.4) is 0 Å². The molecule has 1 aromatic rings. The third-order valence-electron chi connectivity index (χ3n) is 2.62. The Hall–Kier alpha value is -1.77. The highest BCUT2D eigenvalue weighted by Crippen LogP contribution is 2.31. The minimum absolute atomic E-state index is 0.520. The zero-order valence-corrected chi connectivity index (χ0v) is 9.97. The lowest BCUT2D eigenvalue weighted by molar-refractivity contribution is -0.134. The molecule has 3 heteroatoms. The summed E-state index contributed by atoms with van der Waals surface area (Å²) in [4.78, 5) is 9.00. The molecule has 0 radical (unpaired) electrons. The average Bonchev–Trinajstić information content (AvgIpc) is 2.29. The molecular formula is C14H18O3. The molecule has 1 aromatic carbocycles. The summed E-state index contributed by atoms with van der Waals surface area (Å²) in [6.45, 7) is 1.08. The smallest absolute Gasteiger partial charge is 0.300 e. The van der Waals surface area contributed by atoms with E-state index in [0.29, 0.717) is 11.7 Å². The fourth-order valence-electron chi connectivity index (χ4n) is 1.90. The molecule has 0 aromatic heterocycles. The molecule has 1 unspecified atom stereocenters. The van der Waals surface area contributed by atoms with Crippen LogP contribution in [0.5, 0.6) is 0 Å². The molecule has 0 saturated heterocycles. The molecule has 0 heterocycles. The number of aliphatic hydroxyl groups is 1. The van der Waals surface area contributed by atoms with Crippen LogP contribution in [0, 0.1) is 0 Å². The number of benzene rings is 1. The summed E-state index contributed by atoms with van der Waals surface area (Å²) in [5.41, 5.74) is 1.35. The van der Waals surface area contributed by atoms with E-state index in [1.54, 1.807) is 0 Å². The van der Waals surface area contributed by atoms with Crippen LogP contribution in [0.2, 0.25) is 0 Å². The maximum Gasteiger partial charge on any atom is 0.300 e. The molecule has 0 fully saturated rings. The van der Waals surface area contributed by atoms with Gasteiger partial charge in [0, 0.05) is 13.3 Å². The molecule has 1 atom stereocenters. The van der Waals surface area contributed by atoms with Crippen molar-refractivity contribution < 1.29 is 15.0 Å². The number of carbonyl (C=O) groups is 1. The zero-order valence-electron chi connectivity index (χ0n) is 9.97. The molecule has 0 spiro atoms. The Kier molecular flexibility index (Phi) is 5.27. The third-order valence-corrected chi connectivity index (χ3v) is 2.62. The molecule has 1 aliphatic carbocycles. The predicted molar refractivity (Wildman–Crippen MR) is 67.1 cm³/mol. The summed E-state index contributed by atoms with van der Waals surface area (Å²) in [6.07, 6.45) is 4.91. The van der Waals surface area contributed by atoms with Crippen LogP contribution in [0.15, 0.2) is 42.2 Å². The van der Waals surface area contributed by atoms with Gasteiger partial charge in [0.2, 0.25) is 0 Å². The standard InChI is InChI=1S/C12H14O.C2H4O2/c13-12-8-4-7-11(9-12)10-5-2-1-3-6-10;1-2(3)4/h1-3,5-6,8,11,13H,4,7,9H2;1H3,(H,3,4). The normalized spacial score (nSPS) is 18.6. The number of aliphatic carboxylic acids is 1. The summed E-state index contributed by atoms with van der Waals surface area (Å²) in [7, 11) is 0. The maximum absolute atomic E-state index is 9.40. The molecule has 0 saturated carbocycles. The molecule has 0 amide bonds. The molecule has 2 N–H and O–H groups in total. The molecule has 0 bridgehead atoms. The predicted octanol–water partition coefficient (Wildman–Crippen LogP) is 3.49. The number of aliphatic hydroxyl groups excluding tert-OH is 1. The van der Waals surface area contributed by atoms with Crippen LogP contribution in [0.25, 0.3) is 0 Å². The van der Waals surface area contributed by atoms with Crippen molar-refractivity contribution in [3.8, 4) is 0 Å². The van der Waals surface area contributed by atoms with Crippen molar-refractivity contribution in [2.45, 2.75) is 32.1 Å². The third kappa shape index (κ3) is 5.20. The molecule has 2 rings (SSSR count). The van der Waals surface area contributed by atoms with Crippen molar-refractivity contribution in [1.29, 1.82) is 0 Å². The fraction of sp³-hybridized carbons (Fsp3) is 0.357. The quantitative estimate of drug-likeness (QED) is 0.782. The second-order valence-corrected chi connectivity index (χ2v) is 4.10. The molecule has 0 aliphatic heterocycles. The monoisotopic (exact) mass is 234 g/mol. The number of carboxylic acids is 1. The lowest BCUT2D eigenvalue weighted by Gasteiger charge is -2.19. The summed E-state index contributed by atoms with van der Waals surface area (Å²) >= 11 is 0. The van der Waals surface area contributed by atoms with E-state index in [2.05, 4.69) is 24.3 Å². The Morgan fingerprint density at radius 1 is 1.29 bits per heavy atom. The first kappa shape index (κ1) is 13.3. The van der Waals surface area contributed by atoms with Crippen molar-refractivity contribution in [3.05, 3.63) is 47.7 Å². The van der Waals surface area contributed by atoms with Crippen LogP contribution < -0.4 is 0 Å². The van der Waals surface area contributed by atoms with Gasteiger partial charge >= 0.3 is 0 Å². The first-order valence-corrected chi connectivity index (χ1v) is 5.72. The van der Waals surface area contributed by atoms with E-state index in [4.69, 9.17) is 9.90 Å². The van der Waals surface area contributed by atoms with Crippen molar-refractivity contribution >= 4 is 5.97 Å². The van der Waals surface area contributed by atoms with Gasteiger partial charge in [-0.3, -0.25) is 4.79 Å². The minimum atomic E-state index is -0.833. The maximum atomic E-state index is 9.40. The number of hydrogen-bond acceptors (Lipinski definition) is 2. The van der Waals surface area contributed by atoms with Gasteiger partial charge < -0.3 is 10.2 Å². The summed E-state index contributed by atoms with van der Waals surface area (Å²) in [6, 6.07) is 10.4. The van der Waals surface area contributed by atoms with Gasteiger partial charge in [0.15, 0.2) is 0 Å². The van der Waals surface area contributed by atoms with E-state index in [9.17, 15) is 5.11 Å². The van der Waals surface area contributed by atoms with E-state index >= 15 is 0 Å². The molecule has 17 heavy (non-hydrogen) atoms. The number of allylic oxidation sites excluding steroid dienone is 2. The zero-order chi connectivity index (χ0) is 12.7. The van der Waals surface area contributed by atoms with Gasteiger partial charge in [-0.05, 0) is 30.4 Å². The largest absolute Gasteiger partial charge is 0.513 e. The lowest BCUT2D eigenvalue weighted by Crippen LogP contribution is -2.04. The molecular weight excluding hydrogens is 216 g/mol. The Balaban J connectivity index is 0.000000317. The molecule has 92 valence electrons. The topological polar surface area (TPSA) is 57.5 Å². The van der Waals surface area contributed by atoms with E-state index in [1.807, 2.05) is 12.1 Å². The van der Waals surface area contributed by atoms with Crippen LogP contribution in [-0.2, 0) is 4.79 Å². The Labute approximate surface area is 101 Å². The highest BCUT2D eigenvalue weighted by molar-refractivity contribution is 5.62. The number of rotatable bonds is 1. The van der Waals surface area contributed by atoms with Crippen molar-refractivity contribution in [3.63, 3.8) is 0 Å². The van der Waals surface area contributed by atoms with Gasteiger partial charge in [0.1, 0.15) is 0 Å².